The quantitative estimate of drug-likeness (QED) is 0.906. The second kappa shape index (κ2) is 4.96. The molecule has 0 aliphatic heterocycles. The summed E-state index contributed by atoms with van der Waals surface area (Å²) in [6.07, 6.45) is 0. The highest BCUT2D eigenvalue weighted by Gasteiger charge is 2.10. The van der Waals surface area contributed by atoms with Crippen molar-refractivity contribution in [1.29, 1.82) is 0 Å². The van der Waals surface area contributed by atoms with Crippen LogP contribution in [0.3, 0.4) is 0 Å². The van der Waals surface area contributed by atoms with Crippen LogP contribution in [-0.2, 0) is 0 Å². The number of rotatable bonds is 3. The van der Waals surface area contributed by atoms with Crippen molar-refractivity contribution < 1.29 is 19.0 Å². The van der Waals surface area contributed by atoms with Gasteiger partial charge in [0.2, 0.25) is 0 Å². The highest BCUT2D eigenvalue weighted by atomic mass is 19.1. The molecule has 0 aliphatic carbocycles. The number of hydrogen-bond acceptors (Lipinski definition) is 3. The SMILES string of the molecule is COc1cc(-c2cc(F)ccc2OC)ccc1O. The molecule has 2 aromatic carbocycles. The molecule has 0 amide bonds. The second-order valence-electron chi connectivity index (χ2n) is 3.73. The molecule has 0 aromatic heterocycles. The van der Waals surface area contributed by atoms with E-state index >= 15 is 0 Å². The summed E-state index contributed by atoms with van der Waals surface area (Å²) in [6.45, 7) is 0. The molecule has 0 atom stereocenters. The van der Waals surface area contributed by atoms with Crippen molar-refractivity contribution in [2.24, 2.45) is 0 Å². The van der Waals surface area contributed by atoms with Gasteiger partial charge >= 0.3 is 0 Å². The summed E-state index contributed by atoms with van der Waals surface area (Å²) in [6, 6.07) is 9.08. The van der Waals surface area contributed by atoms with E-state index < -0.39 is 0 Å². The molecule has 0 saturated heterocycles. The predicted octanol–water partition coefficient (Wildman–Crippen LogP) is 3.22. The molecule has 0 saturated carbocycles. The highest BCUT2D eigenvalue weighted by molar-refractivity contribution is 5.72. The molecule has 0 spiro atoms. The molecule has 1 N–H and O–H groups in total. The minimum atomic E-state index is -0.349. The van der Waals surface area contributed by atoms with Gasteiger partial charge in [0.15, 0.2) is 11.5 Å². The van der Waals surface area contributed by atoms with Gasteiger partial charge in [-0.05, 0) is 35.9 Å². The minimum absolute atomic E-state index is 0.0385. The number of ether oxygens (including phenoxy) is 2. The third-order valence-corrected chi connectivity index (χ3v) is 2.65. The number of phenols is 1. The van der Waals surface area contributed by atoms with Crippen LogP contribution in [0.4, 0.5) is 4.39 Å². The van der Waals surface area contributed by atoms with Crippen molar-refractivity contribution in [2.45, 2.75) is 0 Å². The lowest BCUT2D eigenvalue weighted by atomic mass is 10.0. The molecule has 18 heavy (non-hydrogen) atoms. The summed E-state index contributed by atoms with van der Waals surface area (Å²) in [5.74, 6) is 0.581. The van der Waals surface area contributed by atoms with Gasteiger partial charge in [0, 0.05) is 5.56 Å². The average molecular weight is 248 g/mol. The molecule has 3 nitrogen and oxygen atoms in total. The fourth-order valence-corrected chi connectivity index (χ4v) is 1.75. The predicted molar refractivity (Wildman–Crippen MR) is 66.6 cm³/mol. The summed E-state index contributed by atoms with van der Waals surface area (Å²) >= 11 is 0. The molecule has 2 rings (SSSR count). The van der Waals surface area contributed by atoms with Crippen LogP contribution in [0.25, 0.3) is 11.1 Å². The Morgan fingerprint density at radius 3 is 2.33 bits per heavy atom. The Hall–Kier alpha value is -2.23. The van der Waals surface area contributed by atoms with E-state index in [0.717, 1.165) is 0 Å². The standard InChI is InChI=1S/C14H13FO3/c1-17-13-6-4-10(15)8-11(13)9-3-5-12(16)14(7-9)18-2/h3-8,16H,1-2H3. The van der Waals surface area contributed by atoms with Crippen molar-refractivity contribution in [3.63, 3.8) is 0 Å². The van der Waals surface area contributed by atoms with Gasteiger partial charge in [0.05, 0.1) is 14.2 Å². The Kier molecular flexibility index (Phi) is 3.37. The van der Waals surface area contributed by atoms with Crippen LogP contribution < -0.4 is 9.47 Å². The Bertz CT molecular complexity index is 567. The van der Waals surface area contributed by atoms with Crippen LogP contribution in [0.2, 0.25) is 0 Å². The van der Waals surface area contributed by atoms with E-state index in [2.05, 4.69) is 0 Å². The van der Waals surface area contributed by atoms with E-state index in [1.165, 1.54) is 32.4 Å². The third-order valence-electron chi connectivity index (χ3n) is 2.65. The van der Waals surface area contributed by atoms with Crippen molar-refractivity contribution >= 4 is 0 Å². The maximum absolute atomic E-state index is 13.3. The van der Waals surface area contributed by atoms with Gasteiger partial charge in [-0.1, -0.05) is 6.07 Å². The van der Waals surface area contributed by atoms with E-state index in [0.29, 0.717) is 22.6 Å². The zero-order chi connectivity index (χ0) is 13.1. The Morgan fingerprint density at radius 2 is 1.67 bits per heavy atom. The molecular formula is C14H13FO3. The number of halogens is 1. The Morgan fingerprint density at radius 1 is 0.944 bits per heavy atom. The normalized spacial score (nSPS) is 10.2. The first-order chi connectivity index (χ1) is 8.65. The van der Waals surface area contributed by atoms with E-state index in [9.17, 15) is 9.50 Å². The maximum Gasteiger partial charge on any atom is 0.161 e. The lowest BCUT2D eigenvalue weighted by Gasteiger charge is -2.10. The number of methoxy groups -OCH3 is 2. The average Bonchev–Trinajstić information content (AvgIpc) is 2.39. The first-order valence-electron chi connectivity index (χ1n) is 5.36. The molecule has 0 fully saturated rings. The Balaban J connectivity index is 2.57. The summed E-state index contributed by atoms with van der Waals surface area (Å²) in [5.41, 5.74) is 1.32. The van der Waals surface area contributed by atoms with Gasteiger partial charge in [-0.2, -0.15) is 0 Å². The van der Waals surface area contributed by atoms with Crippen molar-refractivity contribution in [3.05, 3.63) is 42.2 Å². The van der Waals surface area contributed by atoms with Gasteiger partial charge in [-0.3, -0.25) is 0 Å². The van der Waals surface area contributed by atoms with Crippen LogP contribution in [-0.4, -0.2) is 19.3 Å². The lowest BCUT2D eigenvalue weighted by Crippen LogP contribution is -1.90. The molecular weight excluding hydrogens is 235 g/mol. The van der Waals surface area contributed by atoms with Gasteiger partial charge < -0.3 is 14.6 Å². The molecule has 0 unspecified atom stereocenters. The zero-order valence-electron chi connectivity index (χ0n) is 10.1. The minimum Gasteiger partial charge on any atom is -0.504 e. The van der Waals surface area contributed by atoms with E-state index in [-0.39, 0.29) is 11.6 Å². The zero-order valence-corrected chi connectivity index (χ0v) is 10.1. The molecule has 0 radical (unpaired) electrons. The third kappa shape index (κ3) is 2.22. The molecule has 4 heteroatoms. The van der Waals surface area contributed by atoms with Crippen molar-refractivity contribution in [1.82, 2.24) is 0 Å². The summed E-state index contributed by atoms with van der Waals surface area (Å²) < 4.78 is 23.5. The van der Waals surface area contributed by atoms with Crippen molar-refractivity contribution in [3.8, 4) is 28.4 Å². The smallest absolute Gasteiger partial charge is 0.161 e. The van der Waals surface area contributed by atoms with Crippen LogP contribution in [0.5, 0.6) is 17.2 Å². The fraction of sp³-hybridized carbons (Fsp3) is 0.143. The monoisotopic (exact) mass is 248 g/mol. The van der Waals surface area contributed by atoms with Crippen LogP contribution in [0.15, 0.2) is 36.4 Å². The molecule has 2 aromatic rings. The number of phenolic OH excluding ortho intramolecular Hbond substituents is 1. The van der Waals surface area contributed by atoms with E-state index in [4.69, 9.17) is 9.47 Å². The van der Waals surface area contributed by atoms with Crippen LogP contribution in [0, 0.1) is 5.82 Å². The number of hydrogen-bond donors (Lipinski definition) is 1. The van der Waals surface area contributed by atoms with E-state index in [1.54, 1.807) is 18.2 Å². The number of benzene rings is 2. The maximum atomic E-state index is 13.3. The molecule has 94 valence electrons. The van der Waals surface area contributed by atoms with Crippen LogP contribution >= 0.6 is 0 Å². The summed E-state index contributed by atoms with van der Waals surface area (Å²) in [5, 5.41) is 9.53. The molecule has 0 aliphatic rings. The second-order valence-corrected chi connectivity index (χ2v) is 3.73. The number of aromatic hydroxyl groups is 1. The molecule has 0 bridgehead atoms. The van der Waals surface area contributed by atoms with E-state index in [1.807, 2.05) is 0 Å². The highest BCUT2D eigenvalue weighted by Crippen LogP contribution is 2.36. The lowest BCUT2D eigenvalue weighted by molar-refractivity contribution is 0.373. The first-order valence-corrected chi connectivity index (χ1v) is 5.36. The van der Waals surface area contributed by atoms with Gasteiger partial charge in [0.1, 0.15) is 11.6 Å². The van der Waals surface area contributed by atoms with Crippen molar-refractivity contribution in [2.75, 3.05) is 14.2 Å². The van der Waals surface area contributed by atoms with Gasteiger partial charge in [-0.15, -0.1) is 0 Å². The van der Waals surface area contributed by atoms with Gasteiger partial charge in [0.25, 0.3) is 0 Å². The largest absolute Gasteiger partial charge is 0.504 e. The Labute approximate surface area is 104 Å². The summed E-state index contributed by atoms with van der Waals surface area (Å²) in [4.78, 5) is 0. The topological polar surface area (TPSA) is 38.7 Å². The van der Waals surface area contributed by atoms with Crippen LogP contribution in [0.1, 0.15) is 0 Å². The first kappa shape index (κ1) is 12.2. The molecule has 0 heterocycles. The fourth-order valence-electron chi connectivity index (χ4n) is 1.75. The van der Waals surface area contributed by atoms with Gasteiger partial charge in [-0.25, -0.2) is 4.39 Å². The summed E-state index contributed by atoms with van der Waals surface area (Å²) in [7, 11) is 2.98.